The Kier molecular flexibility index (Phi) is 3.87. The van der Waals surface area contributed by atoms with Crippen LogP contribution in [-0.2, 0) is 5.41 Å². The highest BCUT2D eigenvalue weighted by Crippen LogP contribution is 2.40. The lowest BCUT2D eigenvalue weighted by atomic mass is 9.86. The van der Waals surface area contributed by atoms with Gasteiger partial charge < -0.3 is 5.11 Å². The zero-order valence-electron chi connectivity index (χ0n) is 9.00. The SMILES string of the molecule is BP(I)c1ccc(O)c(C(C)(C)C)c1. The van der Waals surface area contributed by atoms with Gasteiger partial charge in [0.2, 0.25) is 0 Å². The van der Waals surface area contributed by atoms with Gasteiger partial charge in [0.1, 0.15) is 5.75 Å². The van der Waals surface area contributed by atoms with Crippen LogP contribution in [0.1, 0.15) is 26.3 Å². The molecule has 1 atom stereocenters. The summed E-state index contributed by atoms with van der Waals surface area (Å²) in [5, 5.41) is 11.1. The lowest BCUT2D eigenvalue weighted by molar-refractivity contribution is 0.447. The predicted octanol–water partition coefficient (Wildman–Crippen LogP) is 2.70. The van der Waals surface area contributed by atoms with Crippen LogP contribution in [0, 0.1) is 0 Å². The highest BCUT2D eigenvalue weighted by molar-refractivity contribution is 14.2. The van der Waals surface area contributed by atoms with Crippen LogP contribution in [0.25, 0.3) is 0 Å². The molecule has 0 radical (unpaired) electrons. The van der Waals surface area contributed by atoms with Gasteiger partial charge in [-0.05, 0) is 28.4 Å². The predicted molar refractivity (Wildman–Crippen MR) is 75.9 cm³/mol. The van der Waals surface area contributed by atoms with E-state index in [4.69, 9.17) is 0 Å². The molecule has 1 unspecified atom stereocenters. The molecule has 0 aromatic heterocycles. The first-order valence-corrected chi connectivity index (χ1v) is 9.13. The molecule has 0 spiro atoms. The number of aromatic hydroxyl groups is 1. The molecular formula is C10H15BIOP. The number of phenolic OH excluding ortho intramolecular Hbond substituents is 1. The minimum absolute atomic E-state index is 0.0159. The molecule has 1 aromatic rings. The maximum atomic E-state index is 9.76. The van der Waals surface area contributed by atoms with E-state index in [1.54, 1.807) is 0 Å². The molecule has 0 bridgehead atoms. The van der Waals surface area contributed by atoms with E-state index in [-0.39, 0.29) is 10.9 Å². The van der Waals surface area contributed by atoms with E-state index in [0.29, 0.717) is 5.75 Å². The van der Waals surface area contributed by atoms with Crippen molar-refractivity contribution in [1.82, 2.24) is 0 Å². The van der Waals surface area contributed by atoms with Crippen molar-refractivity contribution in [1.29, 1.82) is 0 Å². The Morgan fingerprint density at radius 2 is 1.93 bits per heavy atom. The second-order valence-corrected chi connectivity index (χ2v) is 10.2. The summed E-state index contributed by atoms with van der Waals surface area (Å²) in [5.41, 5.74) is 0.946. The van der Waals surface area contributed by atoms with Gasteiger partial charge in [0.25, 0.3) is 0 Å². The first-order chi connectivity index (χ1) is 6.32. The van der Waals surface area contributed by atoms with Crippen molar-refractivity contribution in [2.24, 2.45) is 0 Å². The molecule has 14 heavy (non-hydrogen) atoms. The molecule has 1 aromatic carbocycles. The number of rotatable bonds is 1. The number of hydrogen-bond donors (Lipinski definition) is 1. The average molecular weight is 320 g/mol. The van der Waals surface area contributed by atoms with E-state index in [0.717, 1.165) is 5.56 Å². The molecule has 76 valence electrons. The van der Waals surface area contributed by atoms with Crippen LogP contribution < -0.4 is 5.30 Å². The fraction of sp³-hybridized carbons (Fsp3) is 0.400. The van der Waals surface area contributed by atoms with Gasteiger partial charge in [0, 0.05) is 0 Å². The van der Waals surface area contributed by atoms with Crippen LogP contribution in [0.5, 0.6) is 5.75 Å². The van der Waals surface area contributed by atoms with E-state index in [2.05, 4.69) is 56.4 Å². The van der Waals surface area contributed by atoms with Gasteiger partial charge in [0.15, 0.2) is 7.57 Å². The van der Waals surface area contributed by atoms with E-state index >= 15 is 0 Å². The number of benzene rings is 1. The van der Waals surface area contributed by atoms with Crippen LogP contribution >= 0.6 is 27.5 Å². The largest absolute Gasteiger partial charge is 0.508 e. The van der Waals surface area contributed by atoms with Crippen LogP contribution in [0.15, 0.2) is 18.2 Å². The first-order valence-electron chi connectivity index (χ1n) is 4.55. The van der Waals surface area contributed by atoms with Crippen LogP contribution in [0.3, 0.4) is 0 Å². The summed E-state index contributed by atoms with van der Waals surface area (Å²) in [6, 6.07) is 5.96. The zero-order valence-corrected chi connectivity index (χ0v) is 12.1. The maximum Gasteiger partial charge on any atom is 0.152 e. The van der Waals surface area contributed by atoms with E-state index in [9.17, 15) is 5.11 Å². The average Bonchev–Trinajstić information content (AvgIpc) is 2.02. The highest BCUT2D eigenvalue weighted by atomic mass is 127. The van der Waals surface area contributed by atoms with E-state index in [1.165, 1.54) is 5.30 Å². The summed E-state index contributed by atoms with van der Waals surface area (Å²) in [6.07, 6.45) is 0. The number of halogens is 1. The maximum absolute atomic E-state index is 9.76. The lowest BCUT2D eigenvalue weighted by Gasteiger charge is -2.21. The molecule has 0 aliphatic heterocycles. The minimum atomic E-state index is -0.112. The minimum Gasteiger partial charge on any atom is -0.508 e. The fourth-order valence-corrected chi connectivity index (χ4v) is 2.80. The summed E-state index contributed by atoms with van der Waals surface area (Å²) < 4.78 is 0. The second-order valence-electron chi connectivity index (χ2n) is 4.43. The second kappa shape index (κ2) is 4.40. The van der Waals surface area contributed by atoms with Crippen LogP contribution in [-0.4, -0.2) is 12.7 Å². The Labute approximate surface area is 101 Å². The highest BCUT2D eigenvalue weighted by Gasteiger charge is 2.18. The molecule has 0 saturated heterocycles. The summed E-state index contributed by atoms with van der Waals surface area (Å²) in [7, 11) is 2.22. The molecule has 0 aliphatic carbocycles. The lowest BCUT2D eigenvalue weighted by Crippen LogP contribution is -2.14. The molecule has 1 N–H and O–H groups in total. The number of hydrogen-bond acceptors (Lipinski definition) is 1. The molecule has 4 heteroatoms. The first kappa shape index (κ1) is 12.3. The third-order valence-corrected chi connectivity index (χ3v) is 4.80. The quantitative estimate of drug-likeness (QED) is 0.479. The Bertz CT molecular complexity index is 333. The Hall–Kier alpha value is 0.245. The van der Waals surface area contributed by atoms with Crippen LogP contribution in [0.2, 0.25) is 0 Å². The molecule has 0 heterocycles. The van der Waals surface area contributed by atoms with Gasteiger partial charge in [-0.1, -0.05) is 54.3 Å². The third-order valence-electron chi connectivity index (χ3n) is 2.14. The van der Waals surface area contributed by atoms with Crippen molar-refractivity contribution >= 4 is 40.4 Å². The van der Waals surface area contributed by atoms with E-state index in [1.807, 2.05) is 12.1 Å². The third kappa shape index (κ3) is 2.87. The molecule has 0 saturated carbocycles. The molecule has 0 aliphatic rings. The molecule has 0 fully saturated rings. The van der Waals surface area contributed by atoms with Gasteiger partial charge in [-0.3, -0.25) is 0 Å². The van der Waals surface area contributed by atoms with Crippen LogP contribution in [0.4, 0.5) is 0 Å². The Morgan fingerprint density at radius 3 is 2.36 bits per heavy atom. The molecule has 1 nitrogen and oxygen atoms in total. The van der Waals surface area contributed by atoms with Crippen molar-refractivity contribution in [3.05, 3.63) is 23.8 Å². The normalized spacial score (nSPS) is 14.0. The van der Waals surface area contributed by atoms with Crippen molar-refractivity contribution in [2.75, 3.05) is 0 Å². The zero-order chi connectivity index (χ0) is 10.9. The Morgan fingerprint density at radius 1 is 1.36 bits per heavy atom. The monoisotopic (exact) mass is 320 g/mol. The van der Waals surface area contributed by atoms with Crippen molar-refractivity contribution < 1.29 is 5.11 Å². The van der Waals surface area contributed by atoms with Crippen molar-refractivity contribution in [2.45, 2.75) is 26.2 Å². The van der Waals surface area contributed by atoms with Gasteiger partial charge >= 0.3 is 0 Å². The number of phenols is 1. The molecule has 1 rings (SSSR count). The molecule has 0 amide bonds. The smallest absolute Gasteiger partial charge is 0.152 e. The molecular weight excluding hydrogens is 305 g/mol. The van der Waals surface area contributed by atoms with Crippen molar-refractivity contribution in [3.8, 4) is 5.75 Å². The van der Waals surface area contributed by atoms with Gasteiger partial charge in [-0.25, -0.2) is 0 Å². The fourth-order valence-electron chi connectivity index (χ4n) is 1.32. The summed E-state index contributed by atoms with van der Waals surface area (Å²) in [6.45, 7) is 6.37. The van der Waals surface area contributed by atoms with Gasteiger partial charge in [0.05, 0.1) is 0 Å². The van der Waals surface area contributed by atoms with E-state index < -0.39 is 0 Å². The summed E-state index contributed by atoms with van der Waals surface area (Å²) in [5.74, 6) is 0.412. The topological polar surface area (TPSA) is 20.2 Å². The van der Waals surface area contributed by atoms with Crippen molar-refractivity contribution in [3.63, 3.8) is 0 Å². The standard InChI is InChI=1S/C10H15BIOP/c1-10(2,3)8-6-7(14(11)12)4-5-9(8)13/h4-6,13H,11H2,1-3H3. The Balaban J connectivity index is 3.22. The van der Waals surface area contributed by atoms with Gasteiger partial charge in [-0.2, -0.15) is 0 Å². The van der Waals surface area contributed by atoms with Gasteiger partial charge in [-0.15, -0.1) is 0 Å². The summed E-state index contributed by atoms with van der Waals surface area (Å²) in [4.78, 5) is 0. The summed E-state index contributed by atoms with van der Waals surface area (Å²) >= 11 is 2.45.